The molecule has 1 amide bonds. The van der Waals surface area contributed by atoms with Gasteiger partial charge in [-0.05, 0) is 19.1 Å². The van der Waals surface area contributed by atoms with Crippen LogP contribution in [0.5, 0.6) is 0 Å². The van der Waals surface area contributed by atoms with Crippen LogP contribution in [0.3, 0.4) is 0 Å². The molecule has 1 aromatic heterocycles. The molecule has 0 spiro atoms. The van der Waals surface area contributed by atoms with Crippen LogP contribution in [0, 0.1) is 6.92 Å². The molecule has 3 rings (SSSR count). The van der Waals surface area contributed by atoms with Crippen molar-refractivity contribution in [1.82, 2.24) is 4.98 Å². The van der Waals surface area contributed by atoms with Gasteiger partial charge in [0, 0.05) is 16.7 Å². The van der Waals surface area contributed by atoms with Gasteiger partial charge in [-0.3, -0.25) is 10.1 Å². The highest BCUT2D eigenvalue weighted by molar-refractivity contribution is 7.99. The fourth-order valence-electron chi connectivity index (χ4n) is 2.13. The number of rotatable bonds is 3. The van der Waals surface area contributed by atoms with E-state index in [-0.39, 0.29) is 5.91 Å². The Kier molecular flexibility index (Phi) is 4.01. The standard InChI is InChI=1S/C15H16N2O2S2/c1-10-2-4-11(5-3-10)12-8-21-14(16-12)17-13(18)15(19)6-7-20-9-15/h2-5,8,19H,6-7,9H2,1H3,(H,16,17,18). The van der Waals surface area contributed by atoms with E-state index in [0.717, 1.165) is 17.0 Å². The number of thioether (sulfide) groups is 1. The zero-order chi connectivity index (χ0) is 14.9. The average Bonchev–Trinajstić information content (AvgIpc) is 3.10. The van der Waals surface area contributed by atoms with Crippen LogP contribution in [-0.4, -0.2) is 33.1 Å². The molecule has 0 aliphatic carbocycles. The fourth-order valence-corrected chi connectivity index (χ4v) is 4.09. The van der Waals surface area contributed by atoms with E-state index >= 15 is 0 Å². The predicted octanol–water partition coefficient (Wildman–Crippen LogP) is 2.93. The predicted molar refractivity (Wildman–Crippen MR) is 87.8 cm³/mol. The second-order valence-corrected chi connectivity index (χ2v) is 7.16. The van der Waals surface area contributed by atoms with E-state index in [9.17, 15) is 9.90 Å². The van der Waals surface area contributed by atoms with Crippen LogP contribution in [0.25, 0.3) is 11.3 Å². The molecule has 1 fully saturated rings. The summed E-state index contributed by atoms with van der Waals surface area (Å²) in [5.74, 6) is 0.920. The van der Waals surface area contributed by atoms with Gasteiger partial charge in [0.25, 0.3) is 5.91 Å². The molecule has 6 heteroatoms. The van der Waals surface area contributed by atoms with Crippen molar-refractivity contribution in [2.75, 3.05) is 16.8 Å². The minimum Gasteiger partial charge on any atom is -0.379 e. The Morgan fingerprint density at radius 2 is 2.14 bits per heavy atom. The van der Waals surface area contributed by atoms with E-state index in [2.05, 4.69) is 10.3 Å². The lowest BCUT2D eigenvalue weighted by Gasteiger charge is -2.18. The molecule has 2 heterocycles. The van der Waals surface area contributed by atoms with Gasteiger partial charge in [0.2, 0.25) is 0 Å². The maximum Gasteiger partial charge on any atom is 0.259 e. The molecular weight excluding hydrogens is 304 g/mol. The highest BCUT2D eigenvalue weighted by Gasteiger charge is 2.39. The quantitative estimate of drug-likeness (QED) is 0.913. The highest BCUT2D eigenvalue weighted by Crippen LogP contribution is 2.30. The van der Waals surface area contributed by atoms with Gasteiger partial charge in [0.05, 0.1) is 5.69 Å². The number of amides is 1. The van der Waals surface area contributed by atoms with Crippen molar-refractivity contribution in [2.24, 2.45) is 0 Å². The Bertz CT molecular complexity index is 646. The molecule has 1 atom stereocenters. The van der Waals surface area contributed by atoms with Gasteiger partial charge in [-0.2, -0.15) is 11.8 Å². The van der Waals surface area contributed by atoms with Crippen LogP contribution in [0.2, 0.25) is 0 Å². The molecule has 110 valence electrons. The Balaban J connectivity index is 1.73. The highest BCUT2D eigenvalue weighted by atomic mass is 32.2. The molecule has 1 aliphatic rings. The SMILES string of the molecule is Cc1ccc(-c2csc(NC(=O)C3(O)CCSC3)n2)cc1. The number of nitrogens with one attached hydrogen (secondary N) is 1. The number of aromatic nitrogens is 1. The minimum atomic E-state index is -1.25. The van der Waals surface area contributed by atoms with Gasteiger partial charge < -0.3 is 5.11 Å². The van der Waals surface area contributed by atoms with Crippen molar-refractivity contribution in [3.63, 3.8) is 0 Å². The number of nitrogens with zero attached hydrogens (tertiary/aromatic N) is 1. The Morgan fingerprint density at radius 3 is 2.81 bits per heavy atom. The number of carbonyl (C=O) groups is 1. The topological polar surface area (TPSA) is 62.2 Å². The summed E-state index contributed by atoms with van der Waals surface area (Å²) in [7, 11) is 0. The van der Waals surface area contributed by atoms with Crippen molar-refractivity contribution in [2.45, 2.75) is 18.9 Å². The van der Waals surface area contributed by atoms with Crippen molar-refractivity contribution in [3.05, 3.63) is 35.2 Å². The number of benzene rings is 1. The van der Waals surface area contributed by atoms with E-state index in [0.29, 0.717) is 17.3 Å². The Labute approximate surface area is 131 Å². The van der Waals surface area contributed by atoms with Crippen molar-refractivity contribution in [1.29, 1.82) is 0 Å². The monoisotopic (exact) mass is 320 g/mol. The van der Waals surface area contributed by atoms with Crippen molar-refractivity contribution in [3.8, 4) is 11.3 Å². The lowest BCUT2D eigenvalue weighted by atomic mass is 10.0. The Hall–Kier alpha value is -1.37. The van der Waals surface area contributed by atoms with Crippen molar-refractivity contribution >= 4 is 34.1 Å². The fraction of sp³-hybridized carbons (Fsp3) is 0.333. The van der Waals surface area contributed by atoms with Crippen LogP contribution in [0.4, 0.5) is 5.13 Å². The summed E-state index contributed by atoms with van der Waals surface area (Å²) in [6.45, 7) is 2.04. The molecule has 1 saturated heterocycles. The van der Waals surface area contributed by atoms with Crippen LogP contribution < -0.4 is 5.32 Å². The summed E-state index contributed by atoms with van der Waals surface area (Å²) < 4.78 is 0. The van der Waals surface area contributed by atoms with Gasteiger partial charge in [-0.1, -0.05) is 29.8 Å². The van der Waals surface area contributed by atoms with E-state index in [1.165, 1.54) is 16.9 Å². The molecular formula is C15H16N2O2S2. The van der Waals surface area contributed by atoms with E-state index < -0.39 is 5.60 Å². The number of aliphatic hydroxyl groups is 1. The zero-order valence-corrected chi connectivity index (χ0v) is 13.3. The lowest BCUT2D eigenvalue weighted by molar-refractivity contribution is -0.131. The molecule has 1 aliphatic heterocycles. The zero-order valence-electron chi connectivity index (χ0n) is 11.6. The molecule has 4 nitrogen and oxygen atoms in total. The first kappa shape index (κ1) is 14.6. The molecule has 0 saturated carbocycles. The first-order chi connectivity index (χ1) is 10.1. The lowest BCUT2D eigenvalue weighted by Crippen LogP contribution is -2.42. The average molecular weight is 320 g/mol. The molecule has 21 heavy (non-hydrogen) atoms. The van der Waals surface area contributed by atoms with E-state index in [1.807, 2.05) is 36.6 Å². The number of carbonyl (C=O) groups excluding carboxylic acids is 1. The van der Waals surface area contributed by atoms with Crippen molar-refractivity contribution < 1.29 is 9.90 Å². The first-order valence-corrected chi connectivity index (χ1v) is 8.74. The molecule has 1 unspecified atom stereocenters. The smallest absolute Gasteiger partial charge is 0.259 e. The number of anilines is 1. The summed E-state index contributed by atoms with van der Waals surface area (Å²) in [6.07, 6.45) is 0.500. The van der Waals surface area contributed by atoms with Crippen LogP contribution in [0.1, 0.15) is 12.0 Å². The second-order valence-electron chi connectivity index (χ2n) is 5.19. The summed E-state index contributed by atoms with van der Waals surface area (Å²) in [5.41, 5.74) is 1.81. The Morgan fingerprint density at radius 1 is 1.38 bits per heavy atom. The van der Waals surface area contributed by atoms with Gasteiger partial charge >= 0.3 is 0 Å². The molecule has 0 bridgehead atoms. The third-order valence-electron chi connectivity index (χ3n) is 3.50. The number of hydrogen-bond donors (Lipinski definition) is 2. The van der Waals surface area contributed by atoms with Crippen LogP contribution in [-0.2, 0) is 4.79 Å². The van der Waals surface area contributed by atoms with E-state index in [1.54, 1.807) is 11.8 Å². The largest absolute Gasteiger partial charge is 0.379 e. The molecule has 1 aromatic carbocycles. The van der Waals surface area contributed by atoms with Crippen LogP contribution in [0.15, 0.2) is 29.6 Å². The van der Waals surface area contributed by atoms with Gasteiger partial charge in [-0.25, -0.2) is 4.98 Å². The van der Waals surface area contributed by atoms with Gasteiger partial charge in [-0.15, -0.1) is 11.3 Å². The summed E-state index contributed by atoms with van der Waals surface area (Å²) in [6, 6.07) is 8.09. The van der Waals surface area contributed by atoms with Crippen LogP contribution >= 0.6 is 23.1 Å². The second kappa shape index (κ2) is 5.79. The molecule has 0 radical (unpaired) electrons. The summed E-state index contributed by atoms with van der Waals surface area (Å²) in [4.78, 5) is 16.5. The third kappa shape index (κ3) is 3.12. The number of thiazole rings is 1. The maximum absolute atomic E-state index is 12.1. The minimum absolute atomic E-state index is 0.350. The molecule has 2 N–H and O–H groups in total. The first-order valence-electron chi connectivity index (χ1n) is 6.71. The number of aryl methyl sites for hydroxylation is 1. The van der Waals surface area contributed by atoms with Gasteiger partial charge in [0.15, 0.2) is 10.7 Å². The van der Waals surface area contributed by atoms with E-state index in [4.69, 9.17) is 0 Å². The maximum atomic E-state index is 12.1. The summed E-state index contributed by atoms with van der Waals surface area (Å²) >= 11 is 2.97. The molecule has 2 aromatic rings. The summed E-state index contributed by atoms with van der Waals surface area (Å²) in [5, 5.41) is 15.4. The normalized spacial score (nSPS) is 21.4. The van der Waals surface area contributed by atoms with Gasteiger partial charge in [0.1, 0.15) is 0 Å². The third-order valence-corrected chi connectivity index (χ3v) is 5.43. The number of hydrogen-bond acceptors (Lipinski definition) is 5.